The maximum Gasteiger partial charge on any atom is 0.255 e. The van der Waals surface area contributed by atoms with Crippen LogP contribution in [0.2, 0.25) is 0 Å². The molecule has 116 valence electrons. The highest BCUT2D eigenvalue weighted by Crippen LogP contribution is 2.30. The highest BCUT2D eigenvalue weighted by Gasteiger charge is 2.15. The molecule has 0 fully saturated rings. The number of aryl methyl sites for hydroxylation is 1. The molecule has 1 amide bonds. The second kappa shape index (κ2) is 7.45. The summed E-state index contributed by atoms with van der Waals surface area (Å²) in [4.78, 5) is 16.5. The first-order valence-corrected chi connectivity index (χ1v) is 7.06. The van der Waals surface area contributed by atoms with Crippen molar-refractivity contribution in [2.75, 3.05) is 20.8 Å². The number of pyridine rings is 1. The van der Waals surface area contributed by atoms with Gasteiger partial charge in [-0.3, -0.25) is 9.78 Å². The average molecular weight is 300 g/mol. The van der Waals surface area contributed by atoms with Crippen LogP contribution in [-0.2, 0) is 6.42 Å². The molecule has 0 aliphatic carbocycles. The highest BCUT2D eigenvalue weighted by atomic mass is 16.5. The summed E-state index contributed by atoms with van der Waals surface area (Å²) in [5, 5.41) is 2.89. The lowest BCUT2D eigenvalue weighted by atomic mass is 10.1. The molecule has 0 unspecified atom stereocenters. The normalized spacial score (nSPS) is 10.1. The minimum atomic E-state index is -0.184. The average Bonchev–Trinajstić information content (AvgIpc) is 2.55. The molecule has 2 aromatic rings. The summed E-state index contributed by atoms with van der Waals surface area (Å²) in [6.07, 6.45) is 2.55. The molecular weight excluding hydrogens is 280 g/mol. The summed E-state index contributed by atoms with van der Waals surface area (Å²) in [7, 11) is 3.07. The van der Waals surface area contributed by atoms with Gasteiger partial charge in [0.25, 0.3) is 5.91 Å². The molecule has 2 rings (SSSR count). The van der Waals surface area contributed by atoms with Gasteiger partial charge in [-0.2, -0.15) is 0 Å². The number of aromatic nitrogens is 1. The van der Waals surface area contributed by atoms with Crippen LogP contribution >= 0.6 is 0 Å². The summed E-state index contributed by atoms with van der Waals surface area (Å²) in [6, 6.07) is 9.21. The topological polar surface area (TPSA) is 60.5 Å². The predicted octanol–water partition coefficient (Wildman–Crippen LogP) is 2.38. The Morgan fingerprint density at radius 1 is 1.18 bits per heavy atom. The zero-order chi connectivity index (χ0) is 15.9. The standard InChI is InChI=1S/C17H20N2O3/c1-12-7-8-13(11-19-12)9-10-18-17(20)14-5-4-6-15(21-2)16(14)22-3/h4-8,11H,9-10H2,1-3H3,(H,18,20). The molecule has 0 saturated carbocycles. The lowest BCUT2D eigenvalue weighted by Gasteiger charge is -2.12. The second-order valence-electron chi connectivity index (χ2n) is 4.85. The van der Waals surface area contributed by atoms with Gasteiger partial charge in [-0.25, -0.2) is 0 Å². The fraction of sp³-hybridized carbons (Fsp3) is 0.294. The van der Waals surface area contributed by atoms with Crippen LogP contribution in [0.15, 0.2) is 36.5 Å². The number of nitrogens with one attached hydrogen (secondary N) is 1. The summed E-state index contributed by atoms with van der Waals surface area (Å²) in [5.41, 5.74) is 2.53. The zero-order valence-electron chi connectivity index (χ0n) is 13.1. The lowest BCUT2D eigenvalue weighted by Crippen LogP contribution is -2.26. The van der Waals surface area contributed by atoms with Gasteiger partial charge in [0.1, 0.15) is 0 Å². The van der Waals surface area contributed by atoms with Gasteiger partial charge < -0.3 is 14.8 Å². The van der Waals surface area contributed by atoms with E-state index in [1.165, 1.54) is 7.11 Å². The number of carbonyl (C=O) groups excluding carboxylic acids is 1. The molecule has 0 radical (unpaired) electrons. The smallest absolute Gasteiger partial charge is 0.255 e. The first kappa shape index (κ1) is 15.8. The highest BCUT2D eigenvalue weighted by molar-refractivity contribution is 5.97. The molecule has 0 bridgehead atoms. The molecule has 0 aliphatic rings. The third-order valence-corrected chi connectivity index (χ3v) is 3.32. The largest absolute Gasteiger partial charge is 0.493 e. The molecular formula is C17H20N2O3. The van der Waals surface area contributed by atoms with E-state index in [1.807, 2.05) is 25.3 Å². The summed E-state index contributed by atoms with van der Waals surface area (Å²) >= 11 is 0. The van der Waals surface area contributed by atoms with Crippen LogP contribution in [0.4, 0.5) is 0 Å². The number of hydrogen-bond donors (Lipinski definition) is 1. The number of nitrogens with zero attached hydrogens (tertiary/aromatic N) is 1. The number of amides is 1. The molecule has 1 aromatic carbocycles. The number of methoxy groups -OCH3 is 2. The maximum atomic E-state index is 12.3. The van der Waals surface area contributed by atoms with Crippen molar-refractivity contribution >= 4 is 5.91 Å². The Morgan fingerprint density at radius 2 is 2.00 bits per heavy atom. The van der Waals surface area contributed by atoms with E-state index in [2.05, 4.69) is 10.3 Å². The fourth-order valence-corrected chi connectivity index (χ4v) is 2.13. The van der Waals surface area contributed by atoms with Crippen LogP contribution in [-0.4, -0.2) is 31.7 Å². The number of ether oxygens (including phenoxy) is 2. The van der Waals surface area contributed by atoms with E-state index in [4.69, 9.17) is 9.47 Å². The Bertz CT molecular complexity index is 639. The van der Waals surface area contributed by atoms with Crippen molar-refractivity contribution in [1.29, 1.82) is 0 Å². The summed E-state index contributed by atoms with van der Waals surface area (Å²) in [6.45, 7) is 2.48. The third kappa shape index (κ3) is 3.75. The Labute approximate surface area is 130 Å². The van der Waals surface area contributed by atoms with E-state index >= 15 is 0 Å². The van der Waals surface area contributed by atoms with Gasteiger partial charge >= 0.3 is 0 Å². The number of benzene rings is 1. The van der Waals surface area contributed by atoms with Gasteiger partial charge in [0.05, 0.1) is 19.8 Å². The monoisotopic (exact) mass is 300 g/mol. The van der Waals surface area contributed by atoms with Crippen molar-refractivity contribution in [2.24, 2.45) is 0 Å². The van der Waals surface area contributed by atoms with Crippen molar-refractivity contribution in [3.05, 3.63) is 53.3 Å². The van der Waals surface area contributed by atoms with Gasteiger partial charge in [0.15, 0.2) is 11.5 Å². The minimum Gasteiger partial charge on any atom is -0.493 e. The van der Waals surface area contributed by atoms with Crippen LogP contribution in [0.5, 0.6) is 11.5 Å². The van der Waals surface area contributed by atoms with Crippen LogP contribution < -0.4 is 14.8 Å². The van der Waals surface area contributed by atoms with E-state index in [0.717, 1.165) is 17.7 Å². The first-order chi connectivity index (χ1) is 10.7. The van der Waals surface area contributed by atoms with Gasteiger partial charge in [-0.05, 0) is 37.1 Å². The number of carbonyl (C=O) groups is 1. The van der Waals surface area contributed by atoms with Crippen LogP contribution in [0.25, 0.3) is 0 Å². The van der Waals surface area contributed by atoms with E-state index < -0.39 is 0 Å². The maximum absolute atomic E-state index is 12.3. The third-order valence-electron chi connectivity index (χ3n) is 3.32. The Hall–Kier alpha value is -2.56. The zero-order valence-corrected chi connectivity index (χ0v) is 13.1. The lowest BCUT2D eigenvalue weighted by molar-refractivity contribution is 0.0950. The SMILES string of the molecule is COc1cccc(C(=O)NCCc2ccc(C)nc2)c1OC. The van der Waals surface area contributed by atoms with Crippen molar-refractivity contribution in [3.63, 3.8) is 0 Å². The Morgan fingerprint density at radius 3 is 2.64 bits per heavy atom. The molecule has 5 nitrogen and oxygen atoms in total. The van der Waals surface area contributed by atoms with Crippen molar-refractivity contribution in [3.8, 4) is 11.5 Å². The minimum absolute atomic E-state index is 0.184. The van der Waals surface area contributed by atoms with Crippen LogP contribution in [0.3, 0.4) is 0 Å². The molecule has 0 atom stereocenters. The molecule has 0 aliphatic heterocycles. The molecule has 22 heavy (non-hydrogen) atoms. The number of hydrogen-bond acceptors (Lipinski definition) is 4. The Balaban J connectivity index is 1.99. The molecule has 1 N–H and O–H groups in total. The number of para-hydroxylation sites is 1. The van der Waals surface area contributed by atoms with E-state index in [0.29, 0.717) is 23.6 Å². The van der Waals surface area contributed by atoms with E-state index in [1.54, 1.807) is 25.3 Å². The molecule has 0 spiro atoms. The van der Waals surface area contributed by atoms with Crippen molar-refractivity contribution < 1.29 is 14.3 Å². The molecule has 1 aromatic heterocycles. The van der Waals surface area contributed by atoms with E-state index in [9.17, 15) is 4.79 Å². The van der Waals surface area contributed by atoms with Gasteiger partial charge in [0, 0.05) is 18.4 Å². The molecule has 1 heterocycles. The van der Waals surface area contributed by atoms with Gasteiger partial charge in [-0.1, -0.05) is 12.1 Å². The second-order valence-corrected chi connectivity index (χ2v) is 4.85. The van der Waals surface area contributed by atoms with Gasteiger partial charge in [-0.15, -0.1) is 0 Å². The summed E-state index contributed by atoms with van der Waals surface area (Å²) in [5.74, 6) is 0.799. The predicted molar refractivity (Wildman–Crippen MR) is 84.6 cm³/mol. The van der Waals surface area contributed by atoms with Crippen molar-refractivity contribution in [1.82, 2.24) is 10.3 Å². The first-order valence-electron chi connectivity index (χ1n) is 7.06. The van der Waals surface area contributed by atoms with E-state index in [-0.39, 0.29) is 5.91 Å². The number of rotatable bonds is 6. The molecule has 5 heteroatoms. The van der Waals surface area contributed by atoms with Crippen LogP contribution in [0.1, 0.15) is 21.6 Å². The summed E-state index contributed by atoms with van der Waals surface area (Å²) < 4.78 is 10.5. The Kier molecular flexibility index (Phi) is 5.36. The molecule has 0 saturated heterocycles. The fourth-order valence-electron chi connectivity index (χ4n) is 2.13. The van der Waals surface area contributed by atoms with Gasteiger partial charge in [0.2, 0.25) is 0 Å². The van der Waals surface area contributed by atoms with Crippen molar-refractivity contribution in [2.45, 2.75) is 13.3 Å². The quantitative estimate of drug-likeness (QED) is 0.890. The van der Waals surface area contributed by atoms with Crippen LogP contribution in [0, 0.1) is 6.92 Å².